The van der Waals surface area contributed by atoms with Crippen LogP contribution in [0.25, 0.3) is 0 Å². The third-order valence-electron chi connectivity index (χ3n) is 2.62. The molecule has 1 rings (SSSR count). The summed E-state index contributed by atoms with van der Waals surface area (Å²) in [5, 5.41) is 8.64. The van der Waals surface area contributed by atoms with E-state index in [0.717, 1.165) is 43.7 Å². The number of aryl methyl sites for hydroxylation is 2. The molecule has 1 heterocycles. The molecular formula is C12H20N2O2. The largest absolute Gasteiger partial charge is 0.396 e. The van der Waals surface area contributed by atoms with E-state index in [9.17, 15) is 4.79 Å². The van der Waals surface area contributed by atoms with Gasteiger partial charge in [0.05, 0.1) is 0 Å². The third-order valence-corrected chi connectivity index (χ3v) is 2.62. The molecule has 0 saturated heterocycles. The fraction of sp³-hybridized carbons (Fsp3) is 0.667. The summed E-state index contributed by atoms with van der Waals surface area (Å²) in [5.41, 5.74) is 0.811. The van der Waals surface area contributed by atoms with E-state index in [1.54, 1.807) is 10.6 Å². The van der Waals surface area contributed by atoms with Gasteiger partial charge in [0.25, 0.3) is 5.56 Å². The molecule has 4 nitrogen and oxygen atoms in total. The van der Waals surface area contributed by atoms with E-state index in [-0.39, 0.29) is 12.2 Å². The summed E-state index contributed by atoms with van der Waals surface area (Å²) in [6, 6.07) is 1.57. The summed E-state index contributed by atoms with van der Waals surface area (Å²) in [6.07, 6.45) is 3.87. The molecule has 0 fully saturated rings. The molecule has 0 saturated carbocycles. The predicted molar refractivity (Wildman–Crippen MR) is 63.5 cm³/mol. The maximum atomic E-state index is 11.7. The number of aromatic nitrogens is 2. The van der Waals surface area contributed by atoms with E-state index in [1.807, 2.05) is 13.8 Å². The predicted octanol–water partition coefficient (Wildman–Crippen LogP) is 1.41. The molecule has 0 amide bonds. The normalized spacial score (nSPS) is 10.7. The van der Waals surface area contributed by atoms with Crippen molar-refractivity contribution < 1.29 is 5.11 Å². The molecule has 1 aromatic rings. The highest BCUT2D eigenvalue weighted by Crippen LogP contribution is 2.02. The zero-order valence-electron chi connectivity index (χ0n) is 10.1. The molecule has 0 aliphatic heterocycles. The molecule has 90 valence electrons. The van der Waals surface area contributed by atoms with Gasteiger partial charge in [0, 0.05) is 24.9 Å². The van der Waals surface area contributed by atoms with Crippen LogP contribution < -0.4 is 5.56 Å². The monoisotopic (exact) mass is 224 g/mol. The van der Waals surface area contributed by atoms with Gasteiger partial charge in [-0.3, -0.25) is 9.36 Å². The van der Waals surface area contributed by atoms with Gasteiger partial charge < -0.3 is 5.11 Å². The van der Waals surface area contributed by atoms with Crippen LogP contribution in [0.15, 0.2) is 10.9 Å². The topological polar surface area (TPSA) is 55.1 Å². The lowest BCUT2D eigenvalue weighted by molar-refractivity contribution is 0.282. The smallest absolute Gasteiger partial charge is 0.253 e. The van der Waals surface area contributed by atoms with Crippen molar-refractivity contribution in [2.75, 3.05) is 6.61 Å². The maximum absolute atomic E-state index is 11.7. The summed E-state index contributed by atoms with van der Waals surface area (Å²) in [4.78, 5) is 15.9. The number of nitrogens with zero attached hydrogens (tertiary/aromatic N) is 2. The number of unbranched alkanes of at least 4 members (excludes halogenated alkanes) is 3. The van der Waals surface area contributed by atoms with E-state index >= 15 is 0 Å². The summed E-state index contributed by atoms with van der Waals surface area (Å²) in [5.74, 6) is 0.784. The second-order valence-electron chi connectivity index (χ2n) is 4.07. The molecule has 0 radical (unpaired) electrons. The lowest BCUT2D eigenvalue weighted by Crippen LogP contribution is -2.23. The van der Waals surface area contributed by atoms with Gasteiger partial charge in [-0.25, -0.2) is 4.98 Å². The van der Waals surface area contributed by atoms with Gasteiger partial charge in [-0.1, -0.05) is 12.8 Å². The van der Waals surface area contributed by atoms with Crippen molar-refractivity contribution in [3.8, 4) is 0 Å². The second kappa shape index (κ2) is 6.43. The van der Waals surface area contributed by atoms with Crippen molar-refractivity contribution in [3.63, 3.8) is 0 Å². The molecule has 1 aromatic heterocycles. The number of aliphatic hydroxyl groups excluding tert-OH is 1. The van der Waals surface area contributed by atoms with Gasteiger partial charge >= 0.3 is 0 Å². The van der Waals surface area contributed by atoms with Crippen molar-refractivity contribution in [1.82, 2.24) is 9.55 Å². The molecule has 0 bridgehead atoms. The van der Waals surface area contributed by atoms with Crippen LogP contribution in [0, 0.1) is 13.8 Å². The number of rotatable bonds is 6. The van der Waals surface area contributed by atoms with E-state index in [0.29, 0.717) is 0 Å². The molecule has 4 heteroatoms. The first-order valence-electron chi connectivity index (χ1n) is 5.81. The van der Waals surface area contributed by atoms with Crippen LogP contribution in [0.3, 0.4) is 0 Å². The fourth-order valence-electron chi connectivity index (χ4n) is 1.77. The summed E-state index contributed by atoms with van der Waals surface area (Å²) in [6.45, 7) is 4.68. The quantitative estimate of drug-likeness (QED) is 0.743. The van der Waals surface area contributed by atoms with Crippen molar-refractivity contribution in [2.45, 2.75) is 46.1 Å². The Morgan fingerprint density at radius 1 is 1.25 bits per heavy atom. The summed E-state index contributed by atoms with van der Waals surface area (Å²) < 4.78 is 1.71. The lowest BCUT2D eigenvalue weighted by atomic mass is 10.2. The zero-order valence-corrected chi connectivity index (χ0v) is 10.1. The highest BCUT2D eigenvalue weighted by molar-refractivity contribution is 5.01. The average Bonchev–Trinajstić information content (AvgIpc) is 2.20. The Balaban J connectivity index is 2.51. The van der Waals surface area contributed by atoms with Gasteiger partial charge in [0.2, 0.25) is 0 Å². The van der Waals surface area contributed by atoms with Gasteiger partial charge in [-0.2, -0.15) is 0 Å². The van der Waals surface area contributed by atoms with Crippen LogP contribution >= 0.6 is 0 Å². The Morgan fingerprint density at radius 2 is 1.94 bits per heavy atom. The zero-order chi connectivity index (χ0) is 12.0. The Morgan fingerprint density at radius 3 is 2.56 bits per heavy atom. The first-order valence-corrected chi connectivity index (χ1v) is 5.81. The number of hydrogen-bond acceptors (Lipinski definition) is 3. The molecule has 0 aliphatic rings. The summed E-state index contributed by atoms with van der Waals surface area (Å²) >= 11 is 0. The lowest BCUT2D eigenvalue weighted by Gasteiger charge is -2.09. The van der Waals surface area contributed by atoms with Crippen LogP contribution in [0.5, 0.6) is 0 Å². The SMILES string of the molecule is Cc1cc(=O)n(CCCCCCO)c(C)n1. The van der Waals surface area contributed by atoms with Crippen molar-refractivity contribution >= 4 is 0 Å². The molecule has 1 N–H and O–H groups in total. The first kappa shape index (κ1) is 12.9. The first-order chi connectivity index (χ1) is 7.65. The Labute approximate surface area is 96.0 Å². The molecule has 0 spiro atoms. The van der Waals surface area contributed by atoms with Crippen molar-refractivity contribution in [1.29, 1.82) is 0 Å². The van der Waals surface area contributed by atoms with Gasteiger partial charge in [-0.15, -0.1) is 0 Å². The maximum Gasteiger partial charge on any atom is 0.253 e. The van der Waals surface area contributed by atoms with Gasteiger partial charge in [0.15, 0.2) is 0 Å². The number of hydrogen-bond donors (Lipinski definition) is 1. The molecule has 16 heavy (non-hydrogen) atoms. The minimum Gasteiger partial charge on any atom is -0.396 e. The minimum absolute atomic E-state index is 0.0344. The highest BCUT2D eigenvalue weighted by Gasteiger charge is 2.02. The summed E-state index contributed by atoms with van der Waals surface area (Å²) in [7, 11) is 0. The van der Waals surface area contributed by atoms with Crippen LogP contribution in [-0.4, -0.2) is 21.3 Å². The van der Waals surface area contributed by atoms with Crippen LogP contribution in [0.1, 0.15) is 37.2 Å². The van der Waals surface area contributed by atoms with Crippen molar-refractivity contribution in [2.24, 2.45) is 0 Å². The van der Waals surface area contributed by atoms with Crippen LogP contribution in [-0.2, 0) is 6.54 Å². The highest BCUT2D eigenvalue weighted by atomic mass is 16.2. The Hall–Kier alpha value is -1.16. The average molecular weight is 224 g/mol. The molecular weight excluding hydrogens is 204 g/mol. The van der Waals surface area contributed by atoms with Gasteiger partial charge in [-0.05, 0) is 26.7 Å². The number of aliphatic hydroxyl groups is 1. The van der Waals surface area contributed by atoms with Crippen LogP contribution in [0.2, 0.25) is 0 Å². The minimum atomic E-state index is 0.0344. The van der Waals surface area contributed by atoms with Gasteiger partial charge in [0.1, 0.15) is 5.82 Å². The van der Waals surface area contributed by atoms with Crippen molar-refractivity contribution in [3.05, 3.63) is 27.9 Å². The fourth-order valence-corrected chi connectivity index (χ4v) is 1.77. The van der Waals surface area contributed by atoms with E-state index < -0.39 is 0 Å². The Kier molecular flexibility index (Phi) is 5.19. The van der Waals surface area contributed by atoms with E-state index in [2.05, 4.69) is 4.98 Å². The molecule has 0 aromatic carbocycles. The van der Waals surface area contributed by atoms with Crippen LogP contribution in [0.4, 0.5) is 0 Å². The molecule has 0 aliphatic carbocycles. The molecule has 0 atom stereocenters. The Bertz CT molecular complexity index is 385. The standard InChI is InChI=1S/C12H20N2O2/c1-10-9-12(16)14(11(2)13-10)7-5-3-4-6-8-15/h9,15H,3-8H2,1-2H3. The second-order valence-corrected chi connectivity index (χ2v) is 4.07. The van der Waals surface area contributed by atoms with E-state index in [4.69, 9.17) is 5.11 Å². The van der Waals surface area contributed by atoms with E-state index in [1.165, 1.54) is 0 Å². The third kappa shape index (κ3) is 3.77. The molecule has 0 unspecified atom stereocenters.